The van der Waals surface area contributed by atoms with E-state index in [0.717, 1.165) is 87.7 Å². The minimum Gasteiger partial charge on any atom is -0.352 e. The van der Waals surface area contributed by atoms with Crippen LogP contribution in [0, 0.1) is 37.9 Å². The molecule has 2 aliphatic heterocycles. The van der Waals surface area contributed by atoms with E-state index in [1.165, 1.54) is 0 Å². The number of aromatic amines is 1. The number of nitrogens with zero attached hydrogens (tertiary/aromatic N) is 7. The number of nitrogens with one attached hydrogen (secondary N) is 2. The molecule has 0 unspecified atom stereocenters. The van der Waals surface area contributed by atoms with E-state index in [9.17, 15) is 5.26 Å². The van der Waals surface area contributed by atoms with Gasteiger partial charge in [0.2, 0.25) is 0 Å². The van der Waals surface area contributed by atoms with Crippen molar-refractivity contribution >= 4 is 38.5 Å². The molecule has 2 aromatic carbocycles. The molecule has 5 heterocycles. The summed E-state index contributed by atoms with van der Waals surface area (Å²) in [6.07, 6.45) is 5.83. The van der Waals surface area contributed by atoms with E-state index in [1.54, 1.807) is 6.20 Å². The smallest absolute Gasteiger partial charge is 0.157 e. The Balaban J connectivity index is 1.49. The average Bonchev–Trinajstić information content (AvgIpc) is 3.61. The Kier molecular flexibility index (Phi) is 6.45. The Morgan fingerprint density at radius 3 is 2.63 bits per heavy atom. The summed E-state index contributed by atoms with van der Waals surface area (Å²) in [6.45, 7) is 10.7. The number of rotatable bonds is 5. The maximum Gasteiger partial charge on any atom is 0.157 e. The molecule has 0 saturated carbocycles. The number of pyridine rings is 1. The second-order valence-electron chi connectivity index (χ2n) is 13.0. The second kappa shape index (κ2) is 10.00. The summed E-state index contributed by atoms with van der Waals surface area (Å²) in [5.74, 6) is 0.462. The van der Waals surface area contributed by atoms with E-state index in [4.69, 9.17) is 10.1 Å². The van der Waals surface area contributed by atoms with Crippen LogP contribution in [0.15, 0.2) is 24.5 Å². The van der Waals surface area contributed by atoms with Gasteiger partial charge >= 0.3 is 0 Å². The number of halogens is 1. The maximum atomic E-state index is 17.2. The fourth-order valence-corrected chi connectivity index (χ4v) is 7.17. The molecule has 5 aromatic rings. The number of nitriles is 1. The van der Waals surface area contributed by atoms with Crippen LogP contribution in [0.2, 0.25) is 0 Å². The van der Waals surface area contributed by atoms with Gasteiger partial charge in [0.25, 0.3) is 0 Å². The first-order valence-electron chi connectivity index (χ1n) is 15.1. The maximum absolute atomic E-state index is 17.2. The Labute approximate surface area is 250 Å². The number of aryl methyl sites for hydroxylation is 2. The summed E-state index contributed by atoms with van der Waals surface area (Å²) in [5, 5.41) is 27.7. The topological polar surface area (TPSA) is 102 Å². The molecule has 0 aliphatic carbocycles. The highest BCUT2D eigenvalue weighted by atomic mass is 19.1. The van der Waals surface area contributed by atoms with Crippen molar-refractivity contribution in [3.63, 3.8) is 0 Å². The van der Waals surface area contributed by atoms with Gasteiger partial charge in [-0.05, 0) is 95.6 Å². The van der Waals surface area contributed by atoms with E-state index in [2.05, 4.69) is 76.1 Å². The number of anilines is 1. The Morgan fingerprint density at radius 2 is 1.88 bits per heavy atom. The Bertz CT molecular complexity index is 1940. The highest BCUT2D eigenvalue weighted by Gasteiger charge is 2.42. The van der Waals surface area contributed by atoms with Crippen LogP contribution in [0.1, 0.15) is 48.9 Å². The van der Waals surface area contributed by atoms with Crippen LogP contribution in [0.25, 0.3) is 43.8 Å². The van der Waals surface area contributed by atoms with Crippen LogP contribution >= 0.6 is 0 Å². The van der Waals surface area contributed by atoms with Gasteiger partial charge in [-0.2, -0.15) is 15.5 Å². The van der Waals surface area contributed by atoms with Crippen molar-refractivity contribution in [2.24, 2.45) is 0 Å². The number of piperidine rings is 1. The molecule has 2 saturated heterocycles. The van der Waals surface area contributed by atoms with E-state index >= 15 is 4.39 Å². The van der Waals surface area contributed by atoms with E-state index in [0.29, 0.717) is 17.5 Å². The number of hydrogen-bond donors (Lipinski definition) is 2. The highest BCUT2D eigenvalue weighted by molar-refractivity contribution is 6.11. The third kappa shape index (κ3) is 4.20. The fraction of sp³-hybridized carbons (Fsp3) is 0.455. The molecular weight excluding hydrogens is 541 g/mol. The van der Waals surface area contributed by atoms with Gasteiger partial charge in [0.05, 0.1) is 52.9 Å². The standard InChI is InChI=1S/C33H38FN9/c1-18-12-26-24(14-37-40-26)28(20(18)3)27-19(2)11-23-30(29(27)34)39-32(42-16-33(4,17-42)41(5)6)25-15-38-43(31(23)25)22-8-10-36-21(13-22)7-9-35/h11-12,14-15,21-22,36H,7-8,10,13,16-17H2,1-6H3,(H,37,40)/t21-,22+/m1/s1. The molecule has 0 bridgehead atoms. The normalized spacial score (nSPS) is 20.3. The zero-order chi connectivity index (χ0) is 30.2. The van der Waals surface area contributed by atoms with Gasteiger partial charge in [0.1, 0.15) is 11.3 Å². The Hall–Kier alpha value is -4.07. The molecule has 10 heteroatoms. The highest BCUT2D eigenvalue weighted by Crippen LogP contribution is 2.44. The number of benzene rings is 2. The lowest BCUT2D eigenvalue weighted by Gasteiger charge is -2.52. The van der Waals surface area contributed by atoms with Gasteiger partial charge in [0.15, 0.2) is 5.82 Å². The predicted molar refractivity (Wildman–Crippen MR) is 169 cm³/mol. The third-order valence-corrected chi connectivity index (χ3v) is 10.1. The van der Waals surface area contributed by atoms with Crippen LogP contribution in [0.4, 0.5) is 10.2 Å². The summed E-state index contributed by atoms with van der Waals surface area (Å²) in [7, 11) is 4.20. The second-order valence-corrected chi connectivity index (χ2v) is 13.0. The summed E-state index contributed by atoms with van der Waals surface area (Å²) in [4.78, 5) is 9.59. The monoisotopic (exact) mass is 579 g/mol. The van der Waals surface area contributed by atoms with E-state index in [1.807, 2.05) is 20.0 Å². The fourth-order valence-electron chi connectivity index (χ4n) is 7.17. The molecule has 0 spiro atoms. The van der Waals surface area contributed by atoms with Crippen molar-refractivity contribution in [2.45, 2.75) is 64.6 Å². The molecule has 0 amide bonds. The largest absolute Gasteiger partial charge is 0.352 e. The van der Waals surface area contributed by atoms with E-state index in [-0.39, 0.29) is 23.4 Å². The zero-order valence-electron chi connectivity index (χ0n) is 25.7. The minimum absolute atomic E-state index is 0.0149. The molecule has 0 radical (unpaired) electrons. The first-order valence-corrected chi connectivity index (χ1v) is 15.1. The van der Waals surface area contributed by atoms with Crippen molar-refractivity contribution in [3.05, 3.63) is 47.0 Å². The number of fused-ring (bicyclic) bond motifs is 4. The van der Waals surface area contributed by atoms with Crippen molar-refractivity contribution in [3.8, 4) is 17.2 Å². The lowest BCUT2D eigenvalue weighted by molar-refractivity contribution is 0.133. The summed E-state index contributed by atoms with van der Waals surface area (Å²) in [5.41, 5.74) is 6.58. The third-order valence-electron chi connectivity index (χ3n) is 10.1. The summed E-state index contributed by atoms with van der Waals surface area (Å²) >= 11 is 0. The minimum atomic E-state index is -0.314. The van der Waals surface area contributed by atoms with Crippen molar-refractivity contribution < 1.29 is 4.39 Å². The molecular formula is C33H38FN9. The molecule has 3 aromatic heterocycles. The van der Waals surface area contributed by atoms with Crippen LogP contribution in [0.3, 0.4) is 0 Å². The first-order chi connectivity index (χ1) is 20.6. The van der Waals surface area contributed by atoms with Crippen LogP contribution in [0.5, 0.6) is 0 Å². The molecule has 2 fully saturated rings. The molecule has 2 N–H and O–H groups in total. The van der Waals surface area contributed by atoms with Gasteiger partial charge in [-0.25, -0.2) is 9.37 Å². The van der Waals surface area contributed by atoms with Crippen LogP contribution in [-0.4, -0.2) is 75.2 Å². The SMILES string of the molecule is Cc1cc2[nH]ncc2c(-c2c(C)cc3c(nc(N4CC(C)(N(C)C)C4)c4cnn([C@H]5CCN[C@H](CC#N)C5)c43)c2F)c1C. The number of hydrogen-bond acceptors (Lipinski definition) is 7. The molecule has 2 atom stereocenters. The van der Waals surface area contributed by atoms with Gasteiger partial charge in [-0.15, -0.1) is 0 Å². The molecule has 7 rings (SSSR count). The zero-order valence-corrected chi connectivity index (χ0v) is 25.7. The Morgan fingerprint density at radius 1 is 1.09 bits per heavy atom. The lowest BCUT2D eigenvalue weighted by atomic mass is 9.89. The van der Waals surface area contributed by atoms with Gasteiger partial charge in [0, 0.05) is 35.5 Å². The van der Waals surface area contributed by atoms with Crippen LogP contribution in [-0.2, 0) is 0 Å². The predicted octanol–water partition coefficient (Wildman–Crippen LogP) is 5.54. The molecule has 43 heavy (non-hydrogen) atoms. The first kappa shape index (κ1) is 27.7. The van der Waals surface area contributed by atoms with Crippen LogP contribution < -0.4 is 10.2 Å². The number of aromatic nitrogens is 5. The summed E-state index contributed by atoms with van der Waals surface area (Å²) < 4.78 is 19.3. The van der Waals surface area contributed by atoms with Crippen molar-refractivity contribution in [2.75, 3.05) is 38.6 Å². The number of likely N-dealkylation sites (N-methyl/N-ethyl adjacent to an activating group) is 1. The van der Waals surface area contributed by atoms with Gasteiger partial charge < -0.3 is 15.1 Å². The molecule has 9 nitrogen and oxygen atoms in total. The van der Waals surface area contributed by atoms with E-state index < -0.39 is 0 Å². The molecule has 2 aliphatic rings. The van der Waals surface area contributed by atoms with Gasteiger partial charge in [-0.3, -0.25) is 9.78 Å². The lowest BCUT2D eigenvalue weighted by Crippen LogP contribution is -2.67. The van der Waals surface area contributed by atoms with Crippen molar-refractivity contribution in [1.82, 2.24) is 35.2 Å². The van der Waals surface area contributed by atoms with Gasteiger partial charge in [-0.1, -0.05) is 0 Å². The molecule has 222 valence electrons. The van der Waals surface area contributed by atoms with Crippen molar-refractivity contribution in [1.29, 1.82) is 5.26 Å². The quantitative estimate of drug-likeness (QED) is 0.282. The summed E-state index contributed by atoms with van der Waals surface area (Å²) in [6, 6.07) is 6.68. The average molecular weight is 580 g/mol. The number of H-pyrrole nitrogens is 1.